The van der Waals surface area contributed by atoms with Gasteiger partial charge >= 0.3 is 5.97 Å². The highest BCUT2D eigenvalue weighted by atomic mass is 16.7. The molecule has 1 heterocycles. The number of hydrogen-bond acceptors (Lipinski definition) is 8. The number of hydrogen-bond donors (Lipinski definition) is 0. The van der Waals surface area contributed by atoms with E-state index < -0.39 is 42.8 Å². The average Bonchev–Trinajstić information content (AvgIpc) is 3.12. The van der Waals surface area contributed by atoms with Crippen molar-refractivity contribution in [2.24, 2.45) is 5.11 Å². The van der Waals surface area contributed by atoms with Gasteiger partial charge in [0.25, 0.3) is 0 Å². The molecule has 0 aliphatic carbocycles. The Labute approximate surface area is 281 Å². The van der Waals surface area contributed by atoms with Crippen LogP contribution >= 0.6 is 0 Å². The zero-order valence-corrected chi connectivity index (χ0v) is 27.0. The molecule has 0 amide bonds. The number of carbonyl (C=O) groups is 1. The van der Waals surface area contributed by atoms with Gasteiger partial charge in [-0.05, 0) is 34.2 Å². The third kappa shape index (κ3) is 10.5. The second kappa shape index (κ2) is 18.7. The van der Waals surface area contributed by atoms with Crippen LogP contribution < -0.4 is 0 Å². The Balaban J connectivity index is 1.52. The van der Waals surface area contributed by atoms with Gasteiger partial charge in [-0.3, -0.25) is 4.79 Å². The third-order valence-electron chi connectivity index (χ3n) is 7.92. The van der Waals surface area contributed by atoms with Gasteiger partial charge in [0.2, 0.25) is 6.29 Å². The third-order valence-corrected chi connectivity index (χ3v) is 7.92. The van der Waals surface area contributed by atoms with Crippen molar-refractivity contribution in [2.75, 3.05) is 6.54 Å². The average molecular weight is 652 g/mol. The summed E-state index contributed by atoms with van der Waals surface area (Å²) in [4.78, 5) is 15.4. The number of ether oxygens (including phenoxy) is 6. The summed E-state index contributed by atoms with van der Waals surface area (Å²) in [7, 11) is 0. The topological polar surface area (TPSA) is 121 Å². The lowest BCUT2D eigenvalue weighted by molar-refractivity contribution is -0.329. The maximum atomic E-state index is 12.5. The number of nitrogens with zero attached hydrogens (tertiary/aromatic N) is 3. The van der Waals surface area contributed by atoms with Crippen LogP contribution in [-0.4, -0.2) is 49.3 Å². The lowest BCUT2D eigenvalue weighted by Gasteiger charge is -2.47. The highest BCUT2D eigenvalue weighted by Crippen LogP contribution is 2.34. The number of carbonyl (C=O) groups excluding carboxylic acids is 1. The van der Waals surface area contributed by atoms with E-state index in [4.69, 9.17) is 34.0 Å². The van der Waals surface area contributed by atoms with Gasteiger partial charge in [-0.1, -0.05) is 126 Å². The largest absolute Gasteiger partial charge is 0.433 e. The highest BCUT2D eigenvalue weighted by molar-refractivity contribution is 5.66. The van der Waals surface area contributed by atoms with Crippen LogP contribution in [0.15, 0.2) is 126 Å². The van der Waals surface area contributed by atoms with Crippen molar-refractivity contribution in [1.82, 2.24) is 0 Å². The molecule has 48 heavy (non-hydrogen) atoms. The summed E-state index contributed by atoms with van der Waals surface area (Å²) in [5, 5.41) is 3.78. The smallest absolute Gasteiger partial charge is 0.305 e. The zero-order chi connectivity index (χ0) is 33.4. The van der Waals surface area contributed by atoms with Crippen molar-refractivity contribution in [3.8, 4) is 0 Å². The van der Waals surface area contributed by atoms with E-state index in [0.717, 1.165) is 22.3 Å². The van der Waals surface area contributed by atoms with Gasteiger partial charge in [0.15, 0.2) is 0 Å². The van der Waals surface area contributed by atoms with Crippen LogP contribution in [0, 0.1) is 0 Å². The van der Waals surface area contributed by atoms with E-state index in [1.165, 1.54) is 6.92 Å². The predicted octanol–water partition coefficient (Wildman–Crippen LogP) is 7.32. The van der Waals surface area contributed by atoms with Gasteiger partial charge in [0.1, 0.15) is 24.4 Å². The first-order valence-electron chi connectivity index (χ1n) is 16.1. The van der Waals surface area contributed by atoms with Crippen LogP contribution in [-0.2, 0) is 59.6 Å². The Hall–Kier alpha value is -4.54. The minimum atomic E-state index is -1.14. The van der Waals surface area contributed by atoms with E-state index >= 15 is 0 Å². The van der Waals surface area contributed by atoms with Gasteiger partial charge in [0, 0.05) is 18.4 Å². The quantitative estimate of drug-likeness (QED) is 0.0508. The van der Waals surface area contributed by atoms with Crippen molar-refractivity contribution >= 4 is 5.97 Å². The summed E-state index contributed by atoms with van der Waals surface area (Å²) in [6.07, 6.45) is -4.62. The van der Waals surface area contributed by atoms with Gasteiger partial charge in [-0.2, -0.15) is 0 Å². The van der Waals surface area contributed by atoms with Gasteiger partial charge < -0.3 is 28.4 Å². The monoisotopic (exact) mass is 651 g/mol. The minimum absolute atomic E-state index is 0.156. The molecule has 5 rings (SSSR count). The van der Waals surface area contributed by atoms with E-state index in [0.29, 0.717) is 6.42 Å². The van der Waals surface area contributed by atoms with Crippen LogP contribution in [0.2, 0.25) is 0 Å². The first kappa shape index (κ1) is 34.8. The maximum Gasteiger partial charge on any atom is 0.305 e. The number of azide groups is 1. The molecule has 4 aromatic carbocycles. The molecule has 10 nitrogen and oxygen atoms in total. The number of esters is 1. The van der Waals surface area contributed by atoms with Crippen LogP contribution in [0.3, 0.4) is 0 Å². The van der Waals surface area contributed by atoms with E-state index in [-0.39, 0.29) is 33.0 Å². The fourth-order valence-electron chi connectivity index (χ4n) is 5.60. The first-order chi connectivity index (χ1) is 23.6. The Bertz CT molecular complexity index is 1560. The lowest BCUT2D eigenvalue weighted by atomic mass is 9.92. The first-order valence-corrected chi connectivity index (χ1v) is 16.1. The van der Waals surface area contributed by atoms with E-state index in [1.54, 1.807) is 0 Å². The molecule has 0 saturated carbocycles. The molecule has 0 aromatic heterocycles. The fourth-order valence-corrected chi connectivity index (χ4v) is 5.60. The Kier molecular flexibility index (Phi) is 13.6. The fraction of sp³-hybridized carbons (Fsp3) is 0.342. The summed E-state index contributed by atoms with van der Waals surface area (Å²) in [6, 6.07) is 39.1. The normalized spacial score (nSPS) is 21.1. The zero-order valence-electron chi connectivity index (χ0n) is 27.0. The van der Waals surface area contributed by atoms with E-state index in [1.807, 2.05) is 121 Å². The van der Waals surface area contributed by atoms with Crippen molar-refractivity contribution in [3.05, 3.63) is 154 Å². The minimum Gasteiger partial charge on any atom is -0.433 e. The van der Waals surface area contributed by atoms with Crippen molar-refractivity contribution in [2.45, 2.75) is 76.6 Å². The van der Waals surface area contributed by atoms with Crippen LogP contribution in [0.4, 0.5) is 0 Å². The molecule has 6 atom stereocenters. The summed E-state index contributed by atoms with van der Waals surface area (Å²) in [5.74, 6) is -0.534. The lowest BCUT2D eigenvalue weighted by Crippen LogP contribution is -2.64. The van der Waals surface area contributed by atoms with Gasteiger partial charge in [0.05, 0.1) is 32.5 Å². The molecular formula is C38H41N3O7. The summed E-state index contributed by atoms with van der Waals surface area (Å²) in [5.41, 5.74) is 12.9. The maximum absolute atomic E-state index is 12.5. The molecule has 0 radical (unpaired) electrons. The molecule has 250 valence electrons. The molecule has 0 bridgehead atoms. The van der Waals surface area contributed by atoms with Crippen LogP contribution in [0.1, 0.15) is 35.6 Å². The molecule has 1 fully saturated rings. The standard InChI is InChI=1S/C38H41N3O7/c1-28(42)47-38-37(46-27-32-20-12-5-13-21-32)36(45-26-31-18-10-4-11-19-31)35(44-25-30-16-8-3-9-17-30)34(48-38)33(22-23-40-41-39)43-24-29-14-6-2-7-15-29/h2-21,33-38H,22-27H2,1H3/t33-,34+,35+,36-,37+,38?/m0/s1. The molecule has 0 spiro atoms. The van der Waals surface area contributed by atoms with Crippen LogP contribution in [0.5, 0.6) is 0 Å². The van der Waals surface area contributed by atoms with Crippen molar-refractivity contribution in [1.29, 1.82) is 0 Å². The molecule has 1 aliphatic rings. The summed E-state index contributed by atoms with van der Waals surface area (Å²) < 4.78 is 38.8. The molecule has 1 aliphatic heterocycles. The Morgan fingerprint density at radius 3 is 1.58 bits per heavy atom. The molecule has 1 unspecified atom stereocenters. The molecule has 10 heteroatoms. The molecule has 0 N–H and O–H groups in total. The Morgan fingerprint density at radius 1 is 0.688 bits per heavy atom. The second-order valence-corrected chi connectivity index (χ2v) is 11.4. The molecule has 1 saturated heterocycles. The summed E-state index contributed by atoms with van der Waals surface area (Å²) >= 11 is 0. The molecular weight excluding hydrogens is 610 g/mol. The van der Waals surface area contributed by atoms with Crippen molar-refractivity contribution < 1.29 is 33.2 Å². The van der Waals surface area contributed by atoms with E-state index in [2.05, 4.69) is 10.0 Å². The van der Waals surface area contributed by atoms with Gasteiger partial charge in [-0.15, -0.1) is 0 Å². The summed E-state index contributed by atoms with van der Waals surface area (Å²) in [6.45, 7) is 2.48. The van der Waals surface area contributed by atoms with E-state index in [9.17, 15) is 4.79 Å². The van der Waals surface area contributed by atoms with Crippen molar-refractivity contribution in [3.63, 3.8) is 0 Å². The predicted molar refractivity (Wildman–Crippen MR) is 179 cm³/mol. The highest BCUT2D eigenvalue weighted by Gasteiger charge is 2.52. The van der Waals surface area contributed by atoms with Gasteiger partial charge in [-0.25, -0.2) is 0 Å². The molecule has 4 aromatic rings. The number of rotatable bonds is 17. The van der Waals surface area contributed by atoms with Crippen LogP contribution in [0.25, 0.3) is 10.4 Å². The SMILES string of the molecule is CC(=O)OC1O[C@H]([C@H](CCN=[N+]=[N-])OCc2ccccc2)[C@@H](OCc2ccccc2)[C@H](OCc2ccccc2)[C@H]1OCc1ccccc1. The Morgan fingerprint density at radius 2 is 1.12 bits per heavy atom. The second-order valence-electron chi connectivity index (χ2n) is 11.4. The number of benzene rings is 4.